The van der Waals surface area contributed by atoms with E-state index in [1.54, 1.807) is 6.33 Å². The van der Waals surface area contributed by atoms with Crippen LogP contribution in [0, 0.1) is 0 Å². The lowest BCUT2D eigenvalue weighted by Crippen LogP contribution is -2.22. The van der Waals surface area contributed by atoms with Gasteiger partial charge in [0.2, 0.25) is 0 Å². The zero-order valence-corrected chi connectivity index (χ0v) is 6.67. The van der Waals surface area contributed by atoms with Crippen molar-refractivity contribution in [2.24, 2.45) is 0 Å². The molecule has 1 rings (SSSR count). The fourth-order valence-corrected chi connectivity index (χ4v) is 0.736. The molecule has 1 aromatic heterocycles. The Labute approximate surface area is 66.5 Å². The van der Waals surface area contributed by atoms with E-state index in [9.17, 15) is 0 Å². The molecule has 3 heteroatoms. The first kappa shape index (κ1) is 8.01. The van der Waals surface area contributed by atoms with Gasteiger partial charge < -0.3 is 10.3 Å². The summed E-state index contributed by atoms with van der Waals surface area (Å²) in [7, 11) is 0. The molecule has 0 saturated carbocycles. The van der Waals surface area contributed by atoms with Crippen LogP contribution >= 0.6 is 0 Å². The van der Waals surface area contributed by atoms with E-state index in [0.29, 0.717) is 6.04 Å². The van der Waals surface area contributed by atoms with Crippen LogP contribution in [0.5, 0.6) is 0 Å². The molecule has 0 aliphatic rings. The normalized spacial score (nSPS) is 12.8. The van der Waals surface area contributed by atoms with E-state index < -0.39 is 0 Å². The van der Waals surface area contributed by atoms with Crippen LogP contribution in [0.4, 0.5) is 0 Å². The summed E-state index contributed by atoms with van der Waals surface area (Å²) in [5, 5.41) is 3.25. The number of nitrogens with one attached hydrogen (secondary N) is 2. The smallest absolute Gasteiger partial charge is 0.0922 e. The highest BCUT2D eigenvalue weighted by Crippen LogP contribution is 1.91. The minimum absolute atomic E-state index is 0.346. The van der Waals surface area contributed by atoms with E-state index in [1.807, 2.05) is 12.3 Å². The number of hydrogen-bond acceptors (Lipinski definition) is 2. The molecule has 11 heavy (non-hydrogen) atoms. The maximum atomic E-state index is 3.90. The van der Waals surface area contributed by atoms with Gasteiger partial charge in [0.15, 0.2) is 0 Å². The van der Waals surface area contributed by atoms with Crippen LogP contribution in [0.3, 0.4) is 0 Å². The molecule has 0 bridgehead atoms. The van der Waals surface area contributed by atoms with Gasteiger partial charge >= 0.3 is 0 Å². The van der Waals surface area contributed by atoms with Crippen LogP contribution in [0.25, 0.3) is 0 Å². The Morgan fingerprint density at radius 2 is 2.73 bits per heavy atom. The van der Waals surface area contributed by atoms with Gasteiger partial charge in [0.1, 0.15) is 0 Å². The van der Waals surface area contributed by atoms with Gasteiger partial charge in [-0.25, -0.2) is 4.98 Å². The maximum Gasteiger partial charge on any atom is 0.0922 e. The van der Waals surface area contributed by atoms with Crippen molar-refractivity contribution in [2.75, 3.05) is 0 Å². The van der Waals surface area contributed by atoms with Gasteiger partial charge in [0.05, 0.1) is 6.33 Å². The molecule has 0 fully saturated rings. The van der Waals surface area contributed by atoms with Gasteiger partial charge in [0, 0.05) is 24.5 Å². The monoisotopic (exact) mass is 151 g/mol. The molecule has 60 valence electrons. The molecule has 1 aromatic rings. The van der Waals surface area contributed by atoms with Crippen molar-refractivity contribution >= 4 is 0 Å². The molecule has 1 atom stereocenters. The average Bonchev–Trinajstić information content (AvgIpc) is 2.52. The summed E-state index contributed by atoms with van der Waals surface area (Å²) in [4.78, 5) is 6.91. The summed E-state index contributed by atoms with van der Waals surface area (Å²) >= 11 is 0. The summed E-state index contributed by atoms with van der Waals surface area (Å²) in [6, 6.07) is 0.346. The highest BCUT2D eigenvalue weighted by Gasteiger charge is 1.95. The standard InChI is InChI=1S/C8H13N3/c1-3-7(2)10-5-8-4-9-6-11-8/h3-4,6-7,10H,1,5H2,2H3,(H,9,11). The fraction of sp³-hybridized carbons (Fsp3) is 0.375. The number of rotatable bonds is 4. The van der Waals surface area contributed by atoms with Crippen LogP contribution in [0.1, 0.15) is 12.6 Å². The van der Waals surface area contributed by atoms with Crippen LogP contribution < -0.4 is 5.32 Å². The SMILES string of the molecule is C=CC(C)NCc1cnc[nH]1. The van der Waals surface area contributed by atoms with Crippen molar-refractivity contribution in [3.63, 3.8) is 0 Å². The first-order chi connectivity index (χ1) is 5.33. The molecule has 1 heterocycles. The van der Waals surface area contributed by atoms with E-state index in [2.05, 4.69) is 28.8 Å². The van der Waals surface area contributed by atoms with E-state index in [0.717, 1.165) is 12.2 Å². The first-order valence-corrected chi connectivity index (χ1v) is 3.66. The quantitative estimate of drug-likeness (QED) is 0.632. The molecule has 3 nitrogen and oxygen atoms in total. The van der Waals surface area contributed by atoms with E-state index >= 15 is 0 Å². The van der Waals surface area contributed by atoms with E-state index in [4.69, 9.17) is 0 Å². The number of imidazole rings is 1. The summed E-state index contributed by atoms with van der Waals surface area (Å²) in [6.45, 7) is 6.54. The Hall–Kier alpha value is -1.09. The molecule has 2 N–H and O–H groups in total. The lowest BCUT2D eigenvalue weighted by molar-refractivity contribution is 0.626. The third-order valence-electron chi connectivity index (χ3n) is 1.52. The van der Waals surface area contributed by atoms with Crippen molar-refractivity contribution in [1.82, 2.24) is 15.3 Å². The number of hydrogen-bond donors (Lipinski definition) is 2. The summed E-state index contributed by atoms with van der Waals surface area (Å²) in [5.74, 6) is 0. The highest BCUT2D eigenvalue weighted by atomic mass is 14.9. The number of H-pyrrole nitrogens is 1. The van der Waals surface area contributed by atoms with Crippen LogP contribution in [0.15, 0.2) is 25.2 Å². The minimum atomic E-state index is 0.346. The van der Waals surface area contributed by atoms with Crippen molar-refractivity contribution < 1.29 is 0 Å². The van der Waals surface area contributed by atoms with Crippen molar-refractivity contribution in [2.45, 2.75) is 19.5 Å². The summed E-state index contributed by atoms with van der Waals surface area (Å²) < 4.78 is 0. The Bertz CT molecular complexity index is 203. The van der Waals surface area contributed by atoms with Gasteiger partial charge in [-0.1, -0.05) is 6.08 Å². The Morgan fingerprint density at radius 1 is 1.91 bits per heavy atom. The molecular weight excluding hydrogens is 138 g/mol. The topological polar surface area (TPSA) is 40.7 Å². The molecule has 0 aliphatic heterocycles. The van der Waals surface area contributed by atoms with Crippen molar-refractivity contribution in [3.05, 3.63) is 30.9 Å². The van der Waals surface area contributed by atoms with Crippen LogP contribution in [-0.4, -0.2) is 16.0 Å². The average molecular weight is 151 g/mol. The minimum Gasteiger partial charge on any atom is -0.347 e. The molecule has 0 spiro atoms. The third-order valence-corrected chi connectivity index (χ3v) is 1.52. The molecular formula is C8H13N3. The van der Waals surface area contributed by atoms with Gasteiger partial charge in [0.25, 0.3) is 0 Å². The molecule has 0 aromatic carbocycles. The number of aromatic amines is 1. The zero-order chi connectivity index (χ0) is 8.10. The lowest BCUT2D eigenvalue weighted by atomic mass is 10.3. The molecule has 0 aliphatic carbocycles. The first-order valence-electron chi connectivity index (χ1n) is 3.66. The Balaban J connectivity index is 2.28. The summed E-state index contributed by atoms with van der Waals surface area (Å²) in [5.41, 5.74) is 1.10. The van der Waals surface area contributed by atoms with Gasteiger partial charge in [-0.2, -0.15) is 0 Å². The number of aromatic nitrogens is 2. The predicted molar refractivity (Wildman–Crippen MR) is 45.1 cm³/mol. The maximum absolute atomic E-state index is 3.90. The van der Waals surface area contributed by atoms with E-state index in [1.165, 1.54) is 0 Å². The predicted octanol–water partition coefficient (Wildman–Crippen LogP) is 1.07. The number of nitrogens with zero attached hydrogens (tertiary/aromatic N) is 1. The largest absolute Gasteiger partial charge is 0.347 e. The Kier molecular flexibility index (Phi) is 2.86. The van der Waals surface area contributed by atoms with Gasteiger partial charge in [-0.05, 0) is 6.92 Å². The molecule has 0 saturated heterocycles. The second-order valence-corrected chi connectivity index (χ2v) is 2.48. The van der Waals surface area contributed by atoms with Gasteiger partial charge in [-0.3, -0.25) is 0 Å². The molecule has 0 amide bonds. The van der Waals surface area contributed by atoms with Crippen LogP contribution in [0.2, 0.25) is 0 Å². The van der Waals surface area contributed by atoms with Crippen molar-refractivity contribution in [3.8, 4) is 0 Å². The fourth-order valence-electron chi connectivity index (χ4n) is 0.736. The van der Waals surface area contributed by atoms with E-state index in [-0.39, 0.29) is 0 Å². The molecule has 1 unspecified atom stereocenters. The Morgan fingerprint density at radius 3 is 3.27 bits per heavy atom. The van der Waals surface area contributed by atoms with Gasteiger partial charge in [-0.15, -0.1) is 6.58 Å². The van der Waals surface area contributed by atoms with Crippen LogP contribution in [-0.2, 0) is 6.54 Å². The second-order valence-electron chi connectivity index (χ2n) is 2.48. The zero-order valence-electron chi connectivity index (χ0n) is 6.67. The molecule has 0 radical (unpaired) electrons. The summed E-state index contributed by atoms with van der Waals surface area (Å²) in [6.07, 6.45) is 5.36. The third kappa shape index (κ3) is 2.55. The lowest BCUT2D eigenvalue weighted by Gasteiger charge is -2.06. The van der Waals surface area contributed by atoms with Crippen molar-refractivity contribution in [1.29, 1.82) is 0 Å². The highest BCUT2D eigenvalue weighted by molar-refractivity contribution is 4.94. The second kappa shape index (κ2) is 3.93.